The summed E-state index contributed by atoms with van der Waals surface area (Å²) in [6, 6.07) is 13.4. The van der Waals surface area contributed by atoms with E-state index in [1.807, 2.05) is 30.3 Å². The fraction of sp³-hybridized carbons (Fsp3) is 0.143. The monoisotopic (exact) mass is 348 g/mol. The van der Waals surface area contributed by atoms with Gasteiger partial charge in [-0.05, 0) is 26.0 Å². The average Bonchev–Trinajstić information content (AvgIpc) is 2.89. The van der Waals surface area contributed by atoms with Crippen LogP contribution in [-0.2, 0) is 9.53 Å². The second-order valence-electron chi connectivity index (χ2n) is 6.67. The van der Waals surface area contributed by atoms with Gasteiger partial charge in [0.15, 0.2) is 11.0 Å². The average molecular weight is 348 g/mol. The zero-order chi connectivity index (χ0) is 18.5. The molecule has 0 unspecified atom stereocenters. The number of aromatic hydroxyl groups is 1. The number of carbonyl (C=O) groups is 1. The molecule has 0 bridgehead atoms. The number of rotatable bonds is 2. The first-order valence-corrected chi connectivity index (χ1v) is 8.17. The number of phenolic OH excluding ortho intramolecular Hbond substituents is 1. The molecule has 2 heterocycles. The first-order chi connectivity index (χ1) is 12.4. The molecule has 2 aromatic carbocycles. The van der Waals surface area contributed by atoms with Crippen molar-refractivity contribution < 1.29 is 19.1 Å². The summed E-state index contributed by atoms with van der Waals surface area (Å²) in [5.74, 6) is -0.0685. The molecule has 3 aromatic rings. The van der Waals surface area contributed by atoms with E-state index in [2.05, 4.69) is 0 Å². The van der Waals surface area contributed by atoms with Crippen LogP contribution in [0.1, 0.15) is 19.4 Å². The van der Waals surface area contributed by atoms with Crippen LogP contribution in [0.3, 0.4) is 0 Å². The Bertz CT molecular complexity index is 1120. The number of hydrogen-bond donors (Lipinski definition) is 1. The van der Waals surface area contributed by atoms with Gasteiger partial charge in [-0.1, -0.05) is 30.3 Å². The first kappa shape index (κ1) is 16.1. The lowest BCUT2D eigenvalue weighted by Gasteiger charge is -2.15. The SMILES string of the molecule is CC1(C)OC=C(c2c(O)ccc3c(=O)cc(-c4ccccc4)oc23)C1=O. The minimum absolute atomic E-state index is 0.147. The van der Waals surface area contributed by atoms with Gasteiger partial charge in [-0.3, -0.25) is 9.59 Å². The van der Waals surface area contributed by atoms with E-state index in [-0.39, 0.29) is 39.1 Å². The molecule has 5 heteroatoms. The second kappa shape index (κ2) is 5.59. The van der Waals surface area contributed by atoms with Crippen LogP contribution in [0.2, 0.25) is 0 Å². The van der Waals surface area contributed by atoms with Gasteiger partial charge in [0.25, 0.3) is 0 Å². The third-order valence-electron chi connectivity index (χ3n) is 4.47. The maximum absolute atomic E-state index is 12.6. The molecule has 5 nitrogen and oxygen atoms in total. The largest absolute Gasteiger partial charge is 0.507 e. The molecule has 0 amide bonds. The van der Waals surface area contributed by atoms with Crippen molar-refractivity contribution in [1.82, 2.24) is 0 Å². The normalized spacial score (nSPS) is 15.8. The molecule has 0 radical (unpaired) electrons. The fourth-order valence-corrected chi connectivity index (χ4v) is 3.02. The molecule has 0 spiro atoms. The zero-order valence-electron chi connectivity index (χ0n) is 14.3. The highest BCUT2D eigenvalue weighted by atomic mass is 16.5. The summed E-state index contributed by atoms with van der Waals surface area (Å²) in [7, 11) is 0. The summed E-state index contributed by atoms with van der Waals surface area (Å²) in [5, 5.41) is 10.7. The number of ketones is 1. The molecule has 4 rings (SSSR count). The van der Waals surface area contributed by atoms with Gasteiger partial charge >= 0.3 is 0 Å². The Balaban J connectivity index is 2.02. The molecule has 130 valence electrons. The maximum Gasteiger partial charge on any atom is 0.209 e. The standard InChI is InChI=1S/C21H16O5/c1-21(2)20(24)14(11-25-21)18-15(22)9-8-13-16(23)10-17(26-19(13)18)12-6-4-3-5-7-12/h3-11,22H,1-2H3. The van der Waals surface area contributed by atoms with Gasteiger partial charge in [0, 0.05) is 11.6 Å². The van der Waals surface area contributed by atoms with Crippen molar-refractivity contribution in [3.8, 4) is 17.1 Å². The summed E-state index contributed by atoms with van der Waals surface area (Å²) in [6.07, 6.45) is 1.31. The van der Waals surface area contributed by atoms with Gasteiger partial charge in [0.2, 0.25) is 5.78 Å². The van der Waals surface area contributed by atoms with Crippen molar-refractivity contribution in [3.05, 3.63) is 70.6 Å². The number of fused-ring (bicyclic) bond motifs is 1. The van der Waals surface area contributed by atoms with E-state index >= 15 is 0 Å². The van der Waals surface area contributed by atoms with Crippen molar-refractivity contribution in [3.63, 3.8) is 0 Å². The second-order valence-corrected chi connectivity index (χ2v) is 6.67. The summed E-state index contributed by atoms with van der Waals surface area (Å²) >= 11 is 0. The fourth-order valence-electron chi connectivity index (χ4n) is 3.02. The third-order valence-corrected chi connectivity index (χ3v) is 4.47. The van der Waals surface area contributed by atoms with E-state index in [1.165, 1.54) is 24.5 Å². The molecule has 0 saturated heterocycles. The van der Waals surface area contributed by atoms with E-state index in [0.717, 1.165) is 5.56 Å². The number of carbonyl (C=O) groups excluding carboxylic acids is 1. The lowest BCUT2D eigenvalue weighted by atomic mass is 9.93. The molecule has 0 atom stereocenters. The smallest absolute Gasteiger partial charge is 0.209 e. The molecular weight excluding hydrogens is 332 g/mol. The number of hydrogen-bond acceptors (Lipinski definition) is 5. The highest BCUT2D eigenvalue weighted by molar-refractivity contribution is 6.28. The van der Waals surface area contributed by atoms with Crippen LogP contribution in [0.4, 0.5) is 0 Å². The zero-order valence-corrected chi connectivity index (χ0v) is 14.3. The van der Waals surface area contributed by atoms with Gasteiger partial charge in [0.05, 0.1) is 22.8 Å². The molecule has 1 aliphatic rings. The highest BCUT2D eigenvalue weighted by Crippen LogP contribution is 2.39. The molecule has 1 N–H and O–H groups in total. The van der Waals surface area contributed by atoms with Crippen molar-refractivity contribution in [2.24, 2.45) is 0 Å². The lowest BCUT2D eigenvalue weighted by molar-refractivity contribution is -0.125. The Kier molecular flexibility index (Phi) is 3.47. The topological polar surface area (TPSA) is 76.7 Å². The third kappa shape index (κ3) is 2.40. The molecule has 1 aromatic heterocycles. The van der Waals surface area contributed by atoms with E-state index in [9.17, 15) is 14.7 Å². The van der Waals surface area contributed by atoms with Crippen LogP contribution < -0.4 is 5.43 Å². The van der Waals surface area contributed by atoms with Crippen LogP contribution in [0, 0.1) is 0 Å². The van der Waals surface area contributed by atoms with E-state index in [4.69, 9.17) is 9.15 Å². The lowest BCUT2D eigenvalue weighted by Crippen LogP contribution is -2.29. The van der Waals surface area contributed by atoms with E-state index < -0.39 is 5.60 Å². The predicted octanol–water partition coefficient (Wildman–Crippen LogP) is 3.88. The molecule has 1 aliphatic heterocycles. The summed E-state index contributed by atoms with van der Waals surface area (Å²) in [4.78, 5) is 25.2. The van der Waals surface area contributed by atoms with Crippen molar-refractivity contribution in [1.29, 1.82) is 0 Å². The van der Waals surface area contributed by atoms with Gasteiger partial charge in [-0.25, -0.2) is 0 Å². The minimum atomic E-state index is -1.03. The van der Waals surface area contributed by atoms with Crippen molar-refractivity contribution in [2.75, 3.05) is 0 Å². The maximum atomic E-state index is 12.6. The Morgan fingerprint density at radius 1 is 1.00 bits per heavy atom. The number of phenols is 1. The predicted molar refractivity (Wildman–Crippen MR) is 97.7 cm³/mol. The quantitative estimate of drug-likeness (QED) is 0.760. The van der Waals surface area contributed by atoms with E-state index in [1.54, 1.807) is 13.8 Å². The molecule has 0 fully saturated rings. The molecular formula is C21H16O5. The van der Waals surface area contributed by atoms with Gasteiger partial charge < -0.3 is 14.3 Å². The highest BCUT2D eigenvalue weighted by Gasteiger charge is 2.39. The Labute approximate surface area is 149 Å². The summed E-state index contributed by atoms with van der Waals surface area (Å²) in [6.45, 7) is 3.29. The van der Waals surface area contributed by atoms with Gasteiger partial charge in [-0.15, -0.1) is 0 Å². The van der Waals surface area contributed by atoms with Gasteiger partial charge in [-0.2, -0.15) is 0 Å². The van der Waals surface area contributed by atoms with Gasteiger partial charge in [0.1, 0.15) is 17.1 Å². The number of ether oxygens (including phenoxy) is 1. The summed E-state index contributed by atoms with van der Waals surface area (Å²) in [5.41, 5.74) is -0.0280. The van der Waals surface area contributed by atoms with Crippen LogP contribution in [0.5, 0.6) is 5.75 Å². The molecule has 0 aliphatic carbocycles. The van der Waals surface area contributed by atoms with Crippen molar-refractivity contribution in [2.45, 2.75) is 19.4 Å². The Hall–Kier alpha value is -3.34. The van der Waals surface area contributed by atoms with Crippen LogP contribution in [0.25, 0.3) is 27.9 Å². The van der Waals surface area contributed by atoms with Crippen LogP contribution >= 0.6 is 0 Å². The first-order valence-electron chi connectivity index (χ1n) is 8.17. The number of benzene rings is 2. The molecule has 0 saturated carbocycles. The minimum Gasteiger partial charge on any atom is -0.507 e. The van der Waals surface area contributed by atoms with Crippen molar-refractivity contribution >= 4 is 22.3 Å². The van der Waals surface area contributed by atoms with Crippen LogP contribution in [0.15, 0.2) is 64.0 Å². The van der Waals surface area contributed by atoms with Crippen LogP contribution in [-0.4, -0.2) is 16.5 Å². The summed E-state index contributed by atoms with van der Waals surface area (Å²) < 4.78 is 11.4. The Morgan fingerprint density at radius 3 is 2.38 bits per heavy atom. The number of Topliss-reactive ketones (excluding diaryl/α,β-unsaturated/α-hetero) is 1. The molecule has 26 heavy (non-hydrogen) atoms. The Morgan fingerprint density at radius 2 is 1.73 bits per heavy atom. The van der Waals surface area contributed by atoms with E-state index in [0.29, 0.717) is 5.76 Å².